The number of aromatic nitrogens is 2. The fraction of sp³-hybridized carbons (Fsp3) is 0.111. The van der Waals surface area contributed by atoms with Gasteiger partial charge >= 0.3 is 77.6 Å². The molecular formula is C9H11N2Ru. The van der Waals surface area contributed by atoms with Crippen LogP contribution in [-0.2, 0) is 16.4 Å². The number of rotatable bonds is 2. The van der Waals surface area contributed by atoms with Crippen molar-refractivity contribution in [2.24, 2.45) is 0 Å². The molecule has 3 heteroatoms. The zero-order valence-electron chi connectivity index (χ0n) is 6.87. The average molecular weight is 248 g/mol. The van der Waals surface area contributed by atoms with E-state index < -0.39 is 16.4 Å². The molecule has 2 heterocycles. The molecule has 2 aromatic heterocycles. The van der Waals surface area contributed by atoms with Gasteiger partial charge in [0, 0.05) is 0 Å². The van der Waals surface area contributed by atoms with Gasteiger partial charge in [0.15, 0.2) is 0 Å². The Labute approximate surface area is 77.9 Å². The molecule has 0 spiro atoms. The molecule has 12 heavy (non-hydrogen) atoms. The summed E-state index contributed by atoms with van der Waals surface area (Å²) in [5.74, 6) is 0. The van der Waals surface area contributed by atoms with Gasteiger partial charge < -0.3 is 0 Å². The average Bonchev–Trinajstić information content (AvgIpc) is 2.77. The maximum atomic E-state index is 2.31. The molecule has 0 saturated carbocycles. The van der Waals surface area contributed by atoms with E-state index in [1.807, 2.05) is 0 Å². The van der Waals surface area contributed by atoms with E-state index >= 15 is 0 Å². The summed E-state index contributed by atoms with van der Waals surface area (Å²) in [6.07, 6.45) is 8.55. The van der Waals surface area contributed by atoms with Gasteiger partial charge in [-0.05, 0) is 0 Å². The quantitative estimate of drug-likeness (QED) is 0.721. The summed E-state index contributed by atoms with van der Waals surface area (Å²) in [6.45, 7) is 0. The minimum atomic E-state index is -1.03. The van der Waals surface area contributed by atoms with Crippen LogP contribution in [0.25, 0.3) is 0 Å². The standard InChI is InChI=1S/2C4H4N.CH3.Ru/c2*1-2-4-5-3-1;;/h2*1-4H;1H3;/q2*-1;;+2. The van der Waals surface area contributed by atoms with Crippen molar-refractivity contribution in [2.45, 2.75) is 5.52 Å². The van der Waals surface area contributed by atoms with E-state index in [1.165, 1.54) is 0 Å². The molecule has 0 saturated heterocycles. The molecule has 0 atom stereocenters. The van der Waals surface area contributed by atoms with Crippen molar-refractivity contribution < 1.29 is 16.4 Å². The van der Waals surface area contributed by atoms with Gasteiger partial charge in [-0.25, -0.2) is 0 Å². The minimum absolute atomic E-state index is 1.03. The van der Waals surface area contributed by atoms with E-state index in [4.69, 9.17) is 0 Å². The van der Waals surface area contributed by atoms with E-state index in [-0.39, 0.29) is 0 Å². The number of hydrogen-bond donors (Lipinski definition) is 0. The van der Waals surface area contributed by atoms with Gasteiger partial charge in [0.1, 0.15) is 0 Å². The molecule has 0 aliphatic heterocycles. The molecule has 65 valence electrons. The molecule has 0 unspecified atom stereocenters. The third kappa shape index (κ3) is 1.37. The molecule has 0 aliphatic carbocycles. The first-order valence-electron chi connectivity index (χ1n) is 3.70. The van der Waals surface area contributed by atoms with Crippen LogP contribution in [0, 0.1) is 0 Å². The van der Waals surface area contributed by atoms with Gasteiger partial charge in [-0.15, -0.1) is 0 Å². The van der Waals surface area contributed by atoms with Crippen LogP contribution in [0.15, 0.2) is 49.1 Å². The van der Waals surface area contributed by atoms with Crippen molar-refractivity contribution in [3.63, 3.8) is 0 Å². The Morgan fingerprint density at radius 1 is 0.750 bits per heavy atom. The van der Waals surface area contributed by atoms with Gasteiger partial charge in [-0.3, -0.25) is 0 Å². The second-order valence-corrected chi connectivity index (χ2v) is 6.11. The molecule has 0 N–H and O–H groups in total. The zero-order valence-corrected chi connectivity index (χ0v) is 8.60. The monoisotopic (exact) mass is 249 g/mol. The first-order valence-corrected chi connectivity index (χ1v) is 7.00. The molecule has 0 aliphatic rings. The summed E-state index contributed by atoms with van der Waals surface area (Å²) in [7, 11) is 0. The SMILES string of the molecule is [CH3][Ru]([n]1cccc1)[n]1cccc1. The fourth-order valence-corrected chi connectivity index (χ4v) is 3.58. The summed E-state index contributed by atoms with van der Waals surface area (Å²) in [5.41, 5.74) is 2.31. The Bertz CT molecular complexity index is 289. The molecule has 2 rings (SSSR count). The second kappa shape index (κ2) is 3.28. The molecular weight excluding hydrogens is 237 g/mol. The van der Waals surface area contributed by atoms with Crippen molar-refractivity contribution >= 4 is 0 Å². The molecule has 0 amide bonds. The summed E-state index contributed by atoms with van der Waals surface area (Å²) < 4.78 is 4.62. The van der Waals surface area contributed by atoms with Gasteiger partial charge in [-0.1, -0.05) is 0 Å². The molecule has 0 bridgehead atoms. The van der Waals surface area contributed by atoms with Crippen molar-refractivity contribution in [3.05, 3.63) is 49.1 Å². The van der Waals surface area contributed by atoms with Crippen molar-refractivity contribution in [2.75, 3.05) is 0 Å². The van der Waals surface area contributed by atoms with Crippen molar-refractivity contribution in [1.82, 2.24) is 6.62 Å². The van der Waals surface area contributed by atoms with Crippen LogP contribution >= 0.6 is 0 Å². The van der Waals surface area contributed by atoms with Crippen LogP contribution in [0.3, 0.4) is 0 Å². The summed E-state index contributed by atoms with van der Waals surface area (Å²) in [6, 6.07) is 8.31. The number of nitrogens with zero attached hydrogens (tertiary/aromatic N) is 2. The van der Waals surface area contributed by atoms with E-state index in [0.29, 0.717) is 0 Å². The summed E-state index contributed by atoms with van der Waals surface area (Å²) in [5, 5.41) is 0. The Balaban J connectivity index is 2.27. The summed E-state index contributed by atoms with van der Waals surface area (Å²) in [4.78, 5) is 0. The van der Waals surface area contributed by atoms with E-state index in [0.717, 1.165) is 0 Å². The first-order chi connectivity index (χ1) is 5.88. The Morgan fingerprint density at radius 3 is 1.42 bits per heavy atom. The molecule has 2 aromatic rings. The summed E-state index contributed by atoms with van der Waals surface area (Å²) >= 11 is -1.03. The third-order valence-corrected chi connectivity index (χ3v) is 5.28. The molecule has 0 radical (unpaired) electrons. The third-order valence-electron chi connectivity index (χ3n) is 1.65. The molecule has 2 nitrogen and oxygen atoms in total. The van der Waals surface area contributed by atoms with Crippen molar-refractivity contribution in [1.29, 1.82) is 0 Å². The van der Waals surface area contributed by atoms with E-state index in [1.54, 1.807) is 0 Å². The van der Waals surface area contributed by atoms with Gasteiger partial charge in [0.05, 0.1) is 0 Å². The second-order valence-electron chi connectivity index (χ2n) is 2.42. The predicted octanol–water partition coefficient (Wildman–Crippen LogP) is 2.18. The fourth-order valence-electron chi connectivity index (χ4n) is 1.02. The first kappa shape index (κ1) is 7.81. The van der Waals surface area contributed by atoms with Crippen LogP contribution in [0.2, 0.25) is 5.52 Å². The Hall–Kier alpha value is -0.817. The Morgan fingerprint density at radius 2 is 1.08 bits per heavy atom. The van der Waals surface area contributed by atoms with E-state index in [2.05, 4.69) is 61.2 Å². The molecule has 0 aromatic carbocycles. The van der Waals surface area contributed by atoms with Gasteiger partial charge in [-0.2, -0.15) is 0 Å². The van der Waals surface area contributed by atoms with Gasteiger partial charge in [0.2, 0.25) is 0 Å². The number of hydrogen-bond acceptors (Lipinski definition) is 0. The van der Waals surface area contributed by atoms with Crippen LogP contribution in [0.4, 0.5) is 0 Å². The zero-order chi connectivity index (χ0) is 8.39. The van der Waals surface area contributed by atoms with Gasteiger partial charge in [0.25, 0.3) is 0 Å². The predicted molar refractivity (Wildman–Crippen MR) is 45.5 cm³/mol. The topological polar surface area (TPSA) is 9.86 Å². The Kier molecular flexibility index (Phi) is 2.14. The van der Waals surface area contributed by atoms with Crippen LogP contribution in [0.1, 0.15) is 0 Å². The molecule has 0 fully saturated rings. The van der Waals surface area contributed by atoms with Crippen LogP contribution in [0.5, 0.6) is 0 Å². The van der Waals surface area contributed by atoms with Crippen LogP contribution < -0.4 is 0 Å². The van der Waals surface area contributed by atoms with Crippen molar-refractivity contribution in [3.8, 4) is 0 Å². The van der Waals surface area contributed by atoms with Crippen LogP contribution in [-0.4, -0.2) is 6.62 Å². The normalized spacial score (nSPS) is 11.6. The van der Waals surface area contributed by atoms with E-state index in [9.17, 15) is 0 Å². The maximum absolute atomic E-state index is 2.31.